The molecule has 1 aliphatic rings. The SMILES string of the molecule is CC1OCCC1NCC(=O)N(C)C. The highest BCUT2D eigenvalue weighted by Gasteiger charge is 2.24. The molecule has 1 heterocycles. The Hall–Kier alpha value is -0.610. The molecule has 0 bridgehead atoms. The van der Waals surface area contributed by atoms with Crippen LogP contribution in [0.15, 0.2) is 0 Å². The minimum atomic E-state index is 0.110. The second kappa shape index (κ2) is 4.58. The van der Waals surface area contributed by atoms with Crippen LogP contribution in [0, 0.1) is 0 Å². The molecule has 0 spiro atoms. The van der Waals surface area contributed by atoms with Gasteiger partial charge in [0.15, 0.2) is 0 Å². The summed E-state index contributed by atoms with van der Waals surface area (Å²) in [5.41, 5.74) is 0. The molecule has 4 nitrogen and oxygen atoms in total. The normalized spacial score (nSPS) is 27.6. The molecule has 1 N–H and O–H groups in total. The van der Waals surface area contributed by atoms with E-state index in [-0.39, 0.29) is 12.0 Å². The quantitative estimate of drug-likeness (QED) is 0.666. The molecule has 13 heavy (non-hydrogen) atoms. The zero-order valence-corrected chi connectivity index (χ0v) is 8.54. The summed E-state index contributed by atoms with van der Waals surface area (Å²) in [6.07, 6.45) is 1.23. The van der Waals surface area contributed by atoms with E-state index < -0.39 is 0 Å². The van der Waals surface area contributed by atoms with Gasteiger partial charge in [-0.2, -0.15) is 0 Å². The van der Waals surface area contributed by atoms with Crippen LogP contribution in [-0.2, 0) is 9.53 Å². The minimum Gasteiger partial charge on any atom is -0.377 e. The van der Waals surface area contributed by atoms with Crippen molar-refractivity contribution in [2.24, 2.45) is 0 Å². The lowest BCUT2D eigenvalue weighted by molar-refractivity contribution is -0.127. The highest BCUT2D eigenvalue weighted by molar-refractivity contribution is 5.77. The number of rotatable bonds is 3. The third-order valence-electron chi connectivity index (χ3n) is 2.39. The molecule has 0 saturated carbocycles. The number of ether oxygens (including phenoxy) is 1. The molecule has 0 radical (unpaired) electrons. The number of carbonyl (C=O) groups excluding carboxylic acids is 1. The summed E-state index contributed by atoms with van der Waals surface area (Å²) in [4.78, 5) is 12.8. The van der Waals surface area contributed by atoms with Crippen LogP contribution in [0.2, 0.25) is 0 Å². The maximum atomic E-state index is 11.2. The molecule has 1 amide bonds. The molecule has 2 unspecified atom stereocenters. The molecule has 1 saturated heterocycles. The number of carbonyl (C=O) groups is 1. The van der Waals surface area contributed by atoms with Crippen molar-refractivity contribution in [1.82, 2.24) is 10.2 Å². The molecule has 0 aliphatic carbocycles. The number of hydrogen-bond acceptors (Lipinski definition) is 3. The van der Waals surface area contributed by atoms with E-state index in [0.717, 1.165) is 13.0 Å². The van der Waals surface area contributed by atoms with Gasteiger partial charge in [-0.1, -0.05) is 0 Å². The molecule has 1 aliphatic heterocycles. The van der Waals surface area contributed by atoms with Gasteiger partial charge in [-0.3, -0.25) is 4.79 Å². The number of likely N-dealkylation sites (N-methyl/N-ethyl adjacent to an activating group) is 1. The Balaban J connectivity index is 2.22. The first-order chi connectivity index (χ1) is 6.11. The van der Waals surface area contributed by atoms with Gasteiger partial charge >= 0.3 is 0 Å². The lowest BCUT2D eigenvalue weighted by atomic mass is 10.1. The lowest BCUT2D eigenvalue weighted by Crippen LogP contribution is -2.41. The molecular formula is C9H18N2O2. The first kappa shape index (κ1) is 10.5. The van der Waals surface area contributed by atoms with Gasteiger partial charge in [0.05, 0.1) is 12.6 Å². The zero-order valence-electron chi connectivity index (χ0n) is 8.54. The van der Waals surface area contributed by atoms with Crippen LogP contribution in [-0.4, -0.2) is 50.2 Å². The molecule has 0 aromatic carbocycles. The highest BCUT2D eigenvalue weighted by Crippen LogP contribution is 2.11. The third-order valence-corrected chi connectivity index (χ3v) is 2.39. The summed E-state index contributed by atoms with van der Waals surface area (Å²) in [7, 11) is 3.52. The van der Waals surface area contributed by atoms with Gasteiger partial charge in [0, 0.05) is 26.7 Å². The van der Waals surface area contributed by atoms with Crippen molar-refractivity contribution in [2.45, 2.75) is 25.5 Å². The fourth-order valence-corrected chi connectivity index (χ4v) is 1.38. The topological polar surface area (TPSA) is 41.6 Å². The highest BCUT2D eigenvalue weighted by atomic mass is 16.5. The summed E-state index contributed by atoms with van der Waals surface area (Å²) in [6, 6.07) is 0.337. The summed E-state index contributed by atoms with van der Waals surface area (Å²) < 4.78 is 5.37. The van der Waals surface area contributed by atoms with Crippen LogP contribution in [0.4, 0.5) is 0 Å². The first-order valence-corrected chi connectivity index (χ1v) is 4.66. The van der Waals surface area contributed by atoms with E-state index in [1.54, 1.807) is 19.0 Å². The Labute approximate surface area is 79.2 Å². The fourth-order valence-electron chi connectivity index (χ4n) is 1.38. The van der Waals surface area contributed by atoms with Crippen LogP contribution < -0.4 is 5.32 Å². The van der Waals surface area contributed by atoms with Gasteiger partial charge < -0.3 is 15.0 Å². The van der Waals surface area contributed by atoms with Crippen molar-refractivity contribution >= 4 is 5.91 Å². The molecule has 1 fully saturated rings. The number of hydrogen-bond donors (Lipinski definition) is 1. The van der Waals surface area contributed by atoms with E-state index in [4.69, 9.17) is 4.74 Å². The molecule has 2 atom stereocenters. The van der Waals surface area contributed by atoms with Gasteiger partial charge in [0.1, 0.15) is 0 Å². The number of nitrogens with one attached hydrogen (secondary N) is 1. The van der Waals surface area contributed by atoms with Gasteiger partial charge in [-0.25, -0.2) is 0 Å². The molecule has 4 heteroatoms. The Morgan fingerprint density at radius 3 is 2.77 bits per heavy atom. The minimum absolute atomic E-state index is 0.110. The third kappa shape index (κ3) is 2.97. The average molecular weight is 186 g/mol. The van der Waals surface area contributed by atoms with Crippen molar-refractivity contribution in [3.63, 3.8) is 0 Å². The van der Waals surface area contributed by atoms with E-state index in [1.165, 1.54) is 0 Å². The van der Waals surface area contributed by atoms with Gasteiger partial charge in [0.2, 0.25) is 5.91 Å². The molecular weight excluding hydrogens is 168 g/mol. The number of amides is 1. The standard InChI is InChI=1S/C9H18N2O2/c1-7-8(4-5-13-7)10-6-9(12)11(2)3/h7-8,10H,4-6H2,1-3H3. The van der Waals surface area contributed by atoms with E-state index >= 15 is 0 Å². The van der Waals surface area contributed by atoms with E-state index in [0.29, 0.717) is 12.6 Å². The van der Waals surface area contributed by atoms with Crippen molar-refractivity contribution < 1.29 is 9.53 Å². The Morgan fingerprint density at radius 2 is 2.31 bits per heavy atom. The van der Waals surface area contributed by atoms with Crippen LogP contribution in [0.5, 0.6) is 0 Å². The van der Waals surface area contributed by atoms with Crippen molar-refractivity contribution in [3.8, 4) is 0 Å². The molecule has 1 rings (SSSR count). The smallest absolute Gasteiger partial charge is 0.236 e. The molecule has 0 aromatic rings. The summed E-state index contributed by atoms with van der Waals surface area (Å²) >= 11 is 0. The van der Waals surface area contributed by atoms with Crippen molar-refractivity contribution in [1.29, 1.82) is 0 Å². The second-order valence-electron chi connectivity index (χ2n) is 3.64. The van der Waals surface area contributed by atoms with Crippen LogP contribution >= 0.6 is 0 Å². The lowest BCUT2D eigenvalue weighted by Gasteiger charge is -2.17. The molecule has 76 valence electrons. The Bertz CT molecular complexity index is 182. The molecule has 0 aromatic heterocycles. The predicted octanol–water partition coefficient (Wildman–Crippen LogP) is -0.158. The van der Waals surface area contributed by atoms with E-state index in [9.17, 15) is 4.79 Å². The summed E-state index contributed by atoms with van der Waals surface area (Å²) in [6.45, 7) is 3.24. The maximum Gasteiger partial charge on any atom is 0.236 e. The summed E-state index contributed by atoms with van der Waals surface area (Å²) in [5.74, 6) is 0.110. The zero-order chi connectivity index (χ0) is 9.84. The monoisotopic (exact) mass is 186 g/mol. The average Bonchev–Trinajstić information content (AvgIpc) is 2.47. The van der Waals surface area contributed by atoms with Crippen LogP contribution in [0.3, 0.4) is 0 Å². The number of nitrogens with zero attached hydrogens (tertiary/aromatic N) is 1. The Morgan fingerprint density at radius 1 is 1.62 bits per heavy atom. The van der Waals surface area contributed by atoms with Crippen LogP contribution in [0.1, 0.15) is 13.3 Å². The van der Waals surface area contributed by atoms with E-state index in [1.807, 2.05) is 6.92 Å². The van der Waals surface area contributed by atoms with E-state index in [2.05, 4.69) is 5.32 Å². The second-order valence-corrected chi connectivity index (χ2v) is 3.64. The predicted molar refractivity (Wildman–Crippen MR) is 50.5 cm³/mol. The van der Waals surface area contributed by atoms with Gasteiger partial charge in [-0.05, 0) is 13.3 Å². The van der Waals surface area contributed by atoms with Gasteiger partial charge in [0.25, 0.3) is 0 Å². The largest absolute Gasteiger partial charge is 0.377 e. The van der Waals surface area contributed by atoms with Crippen molar-refractivity contribution in [3.05, 3.63) is 0 Å². The van der Waals surface area contributed by atoms with Crippen LogP contribution in [0.25, 0.3) is 0 Å². The summed E-state index contributed by atoms with van der Waals surface area (Å²) in [5, 5.41) is 3.20. The van der Waals surface area contributed by atoms with Crippen molar-refractivity contribution in [2.75, 3.05) is 27.2 Å². The first-order valence-electron chi connectivity index (χ1n) is 4.66. The fraction of sp³-hybridized carbons (Fsp3) is 0.889. The van der Waals surface area contributed by atoms with Gasteiger partial charge in [-0.15, -0.1) is 0 Å². The Kier molecular flexibility index (Phi) is 3.69. The maximum absolute atomic E-state index is 11.2.